The van der Waals surface area contributed by atoms with Crippen LogP contribution < -0.4 is 10.9 Å². The van der Waals surface area contributed by atoms with Gasteiger partial charge < -0.3 is 9.73 Å². The second kappa shape index (κ2) is 6.15. The predicted molar refractivity (Wildman–Crippen MR) is 103 cm³/mol. The summed E-state index contributed by atoms with van der Waals surface area (Å²) < 4.78 is 5.61. The molecular formula is C22H18N2O2. The van der Waals surface area contributed by atoms with E-state index in [2.05, 4.69) is 5.32 Å². The lowest BCUT2D eigenvalue weighted by molar-refractivity contribution is 0.102. The van der Waals surface area contributed by atoms with Crippen LogP contribution in [0.1, 0.15) is 21.5 Å². The first-order valence-electron chi connectivity index (χ1n) is 8.42. The van der Waals surface area contributed by atoms with Crippen molar-refractivity contribution in [3.63, 3.8) is 0 Å². The Morgan fingerprint density at radius 1 is 0.923 bits per heavy atom. The molecule has 0 saturated carbocycles. The Bertz CT molecular complexity index is 1220. The topological polar surface area (TPSA) is 66.1 Å². The highest BCUT2D eigenvalue weighted by Crippen LogP contribution is 2.25. The first-order valence-corrected chi connectivity index (χ1v) is 8.42. The molecule has 0 aliphatic carbocycles. The van der Waals surface area contributed by atoms with Crippen molar-refractivity contribution < 1.29 is 9.21 Å². The second-order valence-corrected chi connectivity index (χ2v) is 6.44. The van der Waals surface area contributed by atoms with Crippen LogP contribution in [0.5, 0.6) is 0 Å². The van der Waals surface area contributed by atoms with Gasteiger partial charge in [-0.3, -0.25) is 10.2 Å². The molecule has 1 amide bonds. The highest BCUT2D eigenvalue weighted by molar-refractivity contribution is 6.10. The van der Waals surface area contributed by atoms with E-state index >= 15 is 0 Å². The van der Waals surface area contributed by atoms with Gasteiger partial charge in [0.25, 0.3) is 5.91 Å². The summed E-state index contributed by atoms with van der Waals surface area (Å²) in [5, 5.41) is 13.8. The van der Waals surface area contributed by atoms with Gasteiger partial charge in [-0.1, -0.05) is 36.4 Å². The standard InChI is InChI=1S/C22H18N2O2/c1-13-7-9-16(11-14(13)2)24-22(25)19-12-18-17-6-4-3-5-15(17)8-10-20(18)26-21(19)23/h3-12,23H,1-2H3,(H,24,25). The zero-order valence-electron chi connectivity index (χ0n) is 14.6. The van der Waals surface area contributed by atoms with Crippen LogP contribution in [0.3, 0.4) is 0 Å². The lowest BCUT2D eigenvalue weighted by Gasteiger charge is -2.09. The van der Waals surface area contributed by atoms with E-state index in [9.17, 15) is 4.79 Å². The lowest BCUT2D eigenvalue weighted by Crippen LogP contribution is -2.20. The van der Waals surface area contributed by atoms with Crippen molar-refractivity contribution in [2.75, 3.05) is 5.32 Å². The molecule has 4 aromatic rings. The van der Waals surface area contributed by atoms with Crippen LogP contribution in [0.25, 0.3) is 21.7 Å². The Kier molecular flexibility index (Phi) is 3.81. The molecule has 4 rings (SSSR count). The predicted octanol–water partition coefficient (Wildman–Crippen LogP) is 4.93. The van der Waals surface area contributed by atoms with Gasteiger partial charge in [-0.25, -0.2) is 0 Å². The van der Waals surface area contributed by atoms with E-state index in [1.54, 1.807) is 6.07 Å². The molecule has 26 heavy (non-hydrogen) atoms. The number of anilines is 1. The van der Waals surface area contributed by atoms with Gasteiger partial charge in [-0.15, -0.1) is 0 Å². The van der Waals surface area contributed by atoms with E-state index in [1.165, 1.54) is 0 Å². The summed E-state index contributed by atoms with van der Waals surface area (Å²) in [5.41, 5.74) is 3.63. The minimum Gasteiger partial charge on any atom is -0.438 e. The molecule has 0 spiro atoms. The molecule has 4 nitrogen and oxygen atoms in total. The van der Waals surface area contributed by atoms with E-state index in [-0.39, 0.29) is 17.0 Å². The molecule has 0 fully saturated rings. The lowest BCUT2D eigenvalue weighted by atomic mass is 10.0. The molecule has 0 radical (unpaired) electrons. The number of carbonyl (C=O) groups is 1. The molecule has 0 atom stereocenters. The monoisotopic (exact) mass is 342 g/mol. The molecular weight excluding hydrogens is 324 g/mol. The minimum absolute atomic E-state index is 0.144. The molecule has 0 bridgehead atoms. The van der Waals surface area contributed by atoms with Gasteiger partial charge in [0, 0.05) is 11.1 Å². The molecule has 0 saturated heterocycles. The zero-order valence-corrected chi connectivity index (χ0v) is 14.6. The second-order valence-electron chi connectivity index (χ2n) is 6.44. The van der Waals surface area contributed by atoms with E-state index in [0.717, 1.165) is 27.3 Å². The maximum atomic E-state index is 12.7. The first-order chi connectivity index (χ1) is 12.5. The number of amides is 1. The van der Waals surface area contributed by atoms with Crippen LogP contribution in [-0.4, -0.2) is 5.91 Å². The van der Waals surface area contributed by atoms with Crippen LogP contribution in [0.4, 0.5) is 5.69 Å². The van der Waals surface area contributed by atoms with Crippen molar-refractivity contribution in [3.8, 4) is 0 Å². The molecule has 0 aliphatic rings. The number of rotatable bonds is 2. The third kappa shape index (κ3) is 2.75. The smallest absolute Gasteiger partial charge is 0.261 e. The highest BCUT2D eigenvalue weighted by Gasteiger charge is 2.13. The molecule has 0 unspecified atom stereocenters. The molecule has 0 aliphatic heterocycles. The number of benzene rings is 3. The summed E-state index contributed by atoms with van der Waals surface area (Å²) >= 11 is 0. The van der Waals surface area contributed by atoms with Crippen molar-refractivity contribution in [2.45, 2.75) is 13.8 Å². The van der Waals surface area contributed by atoms with Crippen LogP contribution in [0.2, 0.25) is 0 Å². The summed E-state index contributed by atoms with van der Waals surface area (Å²) in [6, 6.07) is 19.2. The highest BCUT2D eigenvalue weighted by atomic mass is 16.3. The van der Waals surface area contributed by atoms with E-state index < -0.39 is 0 Å². The summed E-state index contributed by atoms with van der Waals surface area (Å²) in [4.78, 5) is 12.7. The van der Waals surface area contributed by atoms with E-state index in [0.29, 0.717) is 11.3 Å². The van der Waals surface area contributed by atoms with E-state index in [4.69, 9.17) is 9.83 Å². The maximum Gasteiger partial charge on any atom is 0.261 e. The molecule has 4 heteroatoms. The fourth-order valence-corrected chi connectivity index (χ4v) is 3.07. The number of carbonyl (C=O) groups excluding carboxylic acids is 1. The molecule has 128 valence electrons. The fraction of sp³-hybridized carbons (Fsp3) is 0.0909. The third-order valence-corrected chi connectivity index (χ3v) is 4.69. The Hall–Kier alpha value is -3.40. The summed E-state index contributed by atoms with van der Waals surface area (Å²) in [6.07, 6.45) is 0. The fourth-order valence-electron chi connectivity index (χ4n) is 3.07. The number of fused-ring (bicyclic) bond motifs is 3. The molecule has 3 aromatic carbocycles. The number of hydrogen-bond donors (Lipinski definition) is 2. The number of aryl methyl sites for hydroxylation is 2. The van der Waals surface area contributed by atoms with Gasteiger partial charge in [-0.2, -0.15) is 0 Å². The van der Waals surface area contributed by atoms with Crippen molar-refractivity contribution >= 4 is 33.3 Å². The average Bonchev–Trinajstić information content (AvgIpc) is 2.64. The Morgan fingerprint density at radius 2 is 1.73 bits per heavy atom. The van der Waals surface area contributed by atoms with Gasteiger partial charge in [0.1, 0.15) is 11.1 Å². The quantitative estimate of drug-likeness (QED) is 0.507. The van der Waals surface area contributed by atoms with Crippen LogP contribution in [-0.2, 0) is 0 Å². The summed E-state index contributed by atoms with van der Waals surface area (Å²) in [7, 11) is 0. The Labute approximate surface area is 150 Å². The maximum absolute atomic E-state index is 12.7. The molecule has 2 N–H and O–H groups in total. The normalized spacial score (nSPS) is 11.0. The average molecular weight is 342 g/mol. The van der Waals surface area contributed by atoms with Gasteiger partial charge in [0.2, 0.25) is 5.55 Å². The van der Waals surface area contributed by atoms with Crippen molar-refractivity contribution in [1.29, 1.82) is 5.41 Å². The van der Waals surface area contributed by atoms with Crippen LogP contribution >= 0.6 is 0 Å². The van der Waals surface area contributed by atoms with Gasteiger partial charge >= 0.3 is 0 Å². The Balaban J connectivity index is 1.81. The summed E-state index contributed by atoms with van der Waals surface area (Å²) in [5.74, 6) is -0.350. The van der Waals surface area contributed by atoms with Gasteiger partial charge in [0.05, 0.1) is 0 Å². The SMILES string of the molecule is Cc1ccc(NC(=O)c2cc3c(ccc4ccccc43)oc2=N)cc1C. The van der Waals surface area contributed by atoms with Crippen molar-refractivity contribution in [2.24, 2.45) is 0 Å². The van der Waals surface area contributed by atoms with Crippen molar-refractivity contribution in [3.05, 3.63) is 82.9 Å². The third-order valence-electron chi connectivity index (χ3n) is 4.69. The van der Waals surface area contributed by atoms with Crippen LogP contribution in [0, 0.1) is 19.3 Å². The van der Waals surface area contributed by atoms with Gasteiger partial charge in [-0.05, 0) is 60.0 Å². The van der Waals surface area contributed by atoms with Gasteiger partial charge in [0.15, 0.2) is 0 Å². The molecule has 1 heterocycles. The zero-order chi connectivity index (χ0) is 18.3. The van der Waals surface area contributed by atoms with Crippen molar-refractivity contribution in [1.82, 2.24) is 0 Å². The number of nitrogens with one attached hydrogen (secondary N) is 2. The largest absolute Gasteiger partial charge is 0.438 e. The first kappa shape index (κ1) is 16.1. The molecule has 1 aromatic heterocycles. The Morgan fingerprint density at radius 3 is 2.54 bits per heavy atom. The van der Waals surface area contributed by atoms with Crippen LogP contribution in [0.15, 0.2) is 65.1 Å². The summed E-state index contributed by atoms with van der Waals surface area (Å²) in [6.45, 7) is 4.02. The van der Waals surface area contributed by atoms with E-state index in [1.807, 2.05) is 68.4 Å². The minimum atomic E-state index is -0.350. The number of hydrogen-bond acceptors (Lipinski definition) is 3.